The molecule has 0 aliphatic rings. The second kappa shape index (κ2) is 3.59. The monoisotopic (exact) mass is 232 g/mol. The minimum Gasteiger partial charge on any atom is -0.744 e. The highest BCUT2D eigenvalue weighted by atomic mass is 32.2. The fourth-order valence-electron chi connectivity index (χ4n) is 1.59. The van der Waals surface area contributed by atoms with Crippen molar-refractivity contribution in [3.63, 3.8) is 0 Å². The average Bonchev–Trinajstić information content (AvgIpc) is 2.26. The van der Waals surface area contributed by atoms with Gasteiger partial charge in [0.1, 0.15) is 10.1 Å². The number of benzene rings is 2. The number of hydrogen-bond acceptors (Lipinski definition) is 4. The summed E-state index contributed by atoms with van der Waals surface area (Å²) < 4.78 is 33.0. The highest BCUT2D eigenvalue weighted by Crippen LogP contribution is 2.25. The second-order valence-electron chi connectivity index (χ2n) is 3.22. The molecule has 0 aromatic heterocycles. The van der Waals surface area contributed by atoms with Gasteiger partial charge < -0.3 is 4.55 Å². The summed E-state index contributed by atoms with van der Waals surface area (Å²) in [5, 5.41) is 9.61. The predicted molar refractivity (Wildman–Crippen MR) is 56.6 cm³/mol. The summed E-state index contributed by atoms with van der Waals surface area (Å²) in [7, 11) is -4.51. The zero-order chi connectivity index (χ0) is 11.8. The normalized spacial score (nSPS) is 11.2. The van der Waals surface area contributed by atoms with Crippen LogP contribution in [0.4, 0.5) is 0 Å². The molecule has 0 atom stereocenters. The second-order valence-corrected chi connectivity index (χ2v) is 4.57. The van der Waals surface area contributed by atoms with Crippen LogP contribution in [-0.4, -0.2) is 13.0 Å². The van der Waals surface area contributed by atoms with Crippen LogP contribution < -0.4 is 0 Å². The lowest BCUT2D eigenvalue weighted by molar-refractivity contribution is 0.464. The Bertz CT molecular complexity index is 699. The highest BCUT2D eigenvalue weighted by molar-refractivity contribution is 7.86. The van der Waals surface area contributed by atoms with E-state index in [1.807, 2.05) is 6.07 Å². The third kappa shape index (κ3) is 1.65. The van der Waals surface area contributed by atoms with E-state index < -0.39 is 10.1 Å². The molecule has 0 saturated heterocycles. The van der Waals surface area contributed by atoms with E-state index in [4.69, 9.17) is 5.26 Å². The van der Waals surface area contributed by atoms with Gasteiger partial charge in [-0.1, -0.05) is 24.3 Å². The Hall–Kier alpha value is -1.90. The number of hydrogen-bond donors (Lipinski definition) is 0. The molecular formula is C11H6NO3S-. The van der Waals surface area contributed by atoms with Crippen LogP contribution in [0.2, 0.25) is 0 Å². The van der Waals surface area contributed by atoms with Crippen molar-refractivity contribution in [3.05, 3.63) is 42.0 Å². The van der Waals surface area contributed by atoms with Crippen molar-refractivity contribution in [2.75, 3.05) is 0 Å². The average molecular weight is 232 g/mol. The Balaban J connectivity index is 2.98. The maximum atomic E-state index is 11.0. The van der Waals surface area contributed by atoms with Crippen LogP contribution in [0.15, 0.2) is 41.3 Å². The lowest BCUT2D eigenvalue weighted by Gasteiger charge is -2.10. The molecule has 2 rings (SSSR count). The zero-order valence-corrected chi connectivity index (χ0v) is 8.86. The lowest BCUT2D eigenvalue weighted by Crippen LogP contribution is -2.00. The molecule has 0 N–H and O–H groups in total. The molecule has 0 heterocycles. The molecule has 5 heteroatoms. The fraction of sp³-hybridized carbons (Fsp3) is 0. The minimum absolute atomic E-state index is 0.288. The smallest absolute Gasteiger partial charge is 0.125 e. The van der Waals surface area contributed by atoms with E-state index in [-0.39, 0.29) is 10.3 Å². The van der Waals surface area contributed by atoms with E-state index in [2.05, 4.69) is 0 Å². The maximum Gasteiger partial charge on any atom is 0.125 e. The van der Waals surface area contributed by atoms with Crippen LogP contribution >= 0.6 is 0 Å². The quantitative estimate of drug-likeness (QED) is 0.699. The van der Waals surface area contributed by atoms with Crippen LogP contribution in [0.1, 0.15) is 5.56 Å². The van der Waals surface area contributed by atoms with Crippen LogP contribution in [0.25, 0.3) is 10.8 Å². The Morgan fingerprint density at radius 2 is 1.69 bits per heavy atom. The van der Waals surface area contributed by atoms with Crippen molar-refractivity contribution in [1.82, 2.24) is 0 Å². The van der Waals surface area contributed by atoms with Crippen LogP contribution in [-0.2, 0) is 10.1 Å². The van der Waals surface area contributed by atoms with Crippen molar-refractivity contribution in [1.29, 1.82) is 5.26 Å². The SMILES string of the molecule is N#Cc1ccc(S(=O)(=O)[O-])c2ccccc12. The molecule has 2 aromatic rings. The summed E-state index contributed by atoms with van der Waals surface area (Å²) in [5.41, 5.74) is 0.350. The van der Waals surface area contributed by atoms with Gasteiger partial charge in [0.15, 0.2) is 0 Å². The Kier molecular flexibility index (Phi) is 2.38. The first-order chi connectivity index (χ1) is 7.54. The molecule has 0 fully saturated rings. The van der Waals surface area contributed by atoms with Gasteiger partial charge in [-0.15, -0.1) is 0 Å². The fourth-order valence-corrected chi connectivity index (χ4v) is 2.27. The summed E-state index contributed by atoms with van der Waals surface area (Å²) in [6.45, 7) is 0. The molecule has 0 aliphatic heterocycles. The number of rotatable bonds is 1. The number of nitriles is 1. The van der Waals surface area contributed by atoms with Gasteiger partial charge in [0, 0.05) is 10.8 Å². The van der Waals surface area contributed by atoms with E-state index in [1.54, 1.807) is 18.2 Å². The summed E-state index contributed by atoms with van der Waals surface area (Å²) >= 11 is 0. The summed E-state index contributed by atoms with van der Waals surface area (Å²) in [6, 6.07) is 10.9. The first kappa shape index (κ1) is 10.6. The maximum absolute atomic E-state index is 11.0. The molecule has 0 amide bonds. The van der Waals surface area contributed by atoms with Crippen molar-refractivity contribution in [2.24, 2.45) is 0 Å². The Morgan fingerprint density at radius 3 is 2.25 bits per heavy atom. The van der Waals surface area contributed by atoms with Gasteiger partial charge in [-0.25, -0.2) is 8.42 Å². The molecule has 80 valence electrons. The van der Waals surface area contributed by atoms with Gasteiger partial charge >= 0.3 is 0 Å². The molecule has 16 heavy (non-hydrogen) atoms. The molecule has 2 aromatic carbocycles. The van der Waals surface area contributed by atoms with Gasteiger partial charge in [0.05, 0.1) is 16.5 Å². The molecule has 0 saturated carbocycles. The topological polar surface area (TPSA) is 81.0 Å². The van der Waals surface area contributed by atoms with Crippen LogP contribution in [0.5, 0.6) is 0 Å². The molecule has 0 spiro atoms. The largest absolute Gasteiger partial charge is 0.744 e. The van der Waals surface area contributed by atoms with Gasteiger partial charge in [-0.2, -0.15) is 5.26 Å². The first-order valence-corrected chi connectivity index (χ1v) is 5.82. The van der Waals surface area contributed by atoms with E-state index in [9.17, 15) is 13.0 Å². The molecule has 0 aliphatic carbocycles. The Morgan fingerprint density at radius 1 is 1.06 bits per heavy atom. The summed E-state index contributed by atoms with van der Waals surface area (Å²) in [5.74, 6) is 0. The standard InChI is InChI=1S/C11H7NO3S/c12-7-8-5-6-11(16(13,14)15)10-4-2-1-3-9(8)10/h1-6H,(H,13,14,15)/p-1. The third-order valence-electron chi connectivity index (χ3n) is 2.27. The van der Waals surface area contributed by atoms with Crippen molar-refractivity contribution < 1.29 is 13.0 Å². The van der Waals surface area contributed by atoms with Gasteiger partial charge in [-0.3, -0.25) is 0 Å². The summed E-state index contributed by atoms with van der Waals surface area (Å²) in [6.07, 6.45) is 0. The van der Waals surface area contributed by atoms with Gasteiger partial charge in [-0.05, 0) is 12.1 Å². The van der Waals surface area contributed by atoms with Gasteiger partial charge in [0.25, 0.3) is 0 Å². The zero-order valence-electron chi connectivity index (χ0n) is 8.04. The highest BCUT2D eigenvalue weighted by Gasteiger charge is 2.09. The van der Waals surface area contributed by atoms with Gasteiger partial charge in [0.2, 0.25) is 0 Å². The van der Waals surface area contributed by atoms with E-state index in [1.165, 1.54) is 18.2 Å². The molecular weight excluding hydrogens is 226 g/mol. The van der Waals surface area contributed by atoms with Crippen molar-refractivity contribution in [2.45, 2.75) is 4.90 Å². The van der Waals surface area contributed by atoms with Crippen LogP contribution in [0, 0.1) is 11.3 Å². The predicted octanol–water partition coefficient (Wildman–Crippen LogP) is 1.62. The molecule has 0 bridgehead atoms. The van der Waals surface area contributed by atoms with Crippen molar-refractivity contribution in [3.8, 4) is 6.07 Å². The van der Waals surface area contributed by atoms with E-state index in [0.717, 1.165) is 0 Å². The minimum atomic E-state index is -4.51. The summed E-state index contributed by atoms with van der Waals surface area (Å²) in [4.78, 5) is -0.290. The lowest BCUT2D eigenvalue weighted by atomic mass is 10.1. The van der Waals surface area contributed by atoms with Crippen molar-refractivity contribution >= 4 is 20.9 Å². The molecule has 0 unspecified atom stereocenters. The Labute approximate surface area is 92.5 Å². The number of nitrogens with zero attached hydrogens (tertiary/aromatic N) is 1. The first-order valence-electron chi connectivity index (χ1n) is 4.42. The number of fused-ring (bicyclic) bond motifs is 1. The molecule has 0 radical (unpaired) electrons. The molecule has 4 nitrogen and oxygen atoms in total. The van der Waals surface area contributed by atoms with Crippen LogP contribution in [0.3, 0.4) is 0 Å². The van der Waals surface area contributed by atoms with E-state index >= 15 is 0 Å². The third-order valence-corrected chi connectivity index (χ3v) is 3.17. The van der Waals surface area contributed by atoms with E-state index in [0.29, 0.717) is 10.9 Å².